The van der Waals surface area contributed by atoms with Gasteiger partial charge in [0.25, 0.3) is 0 Å². The lowest BCUT2D eigenvalue weighted by Gasteiger charge is -2.00. The third kappa shape index (κ3) is 0.973. The van der Waals surface area contributed by atoms with Gasteiger partial charge in [0.15, 0.2) is 0 Å². The van der Waals surface area contributed by atoms with Gasteiger partial charge in [-0.1, -0.05) is 12.1 Å². The van der Waals surface area contributed by atoms with Crippen molar-refractivity contribution in [1.82, 2.24) is 9.97 Å². The summed E-state index contributed by atoms with van der Waals surface area (Å²) in [5.74, 6) is 0. The minimum absolute atomic E-state index is 0.943. The summed E-state index contributed by atoms with van der Waals surface area (Å²) in [5, 5.41) is 2.23. The predicted molar refractivity (Wildman–Crippen MR) is 55.9 cm³/mol. The van der Waals surface area contributed by atoms with E-state index in [9.17, 15) is 0 Å². The highest BCUT2D eigenvalue weighted by Gasteiger charge is 1.99. The Labute approximate surface area is 81.2 Å². The van der Waals surface area contributed by atoms with Crippen LogP contribution in [0.3, 0.4) is 0 Å². The Hall–Kier alpha value is -1.96. The predicted octanol–water partition coefficient (Wildman–Crippen LogP) is 2.58. The fourth-order valence-electron chi connectivity index (χ4n) is 1.65. The molecule has 2 nitrogen and oxygen atoms in total. The van der Waals surface area contributed by atoms with Gasteiger partial charge >= 0.3 is 0 Å². The number of aromatic nitrogens is 2. The quantitative estimate of drug-likeness (QED) is 0.496. The zero-order valence-corrected chi connectivity index (χ0v) is 7.44. The summed E-state index contributed by atoms with van der Waals surface area (Å²) in [5.41, 5.74) is 1.95. The Balaban J connectivity index is 2.61. The smallest absolute Gasteiger partial charge is 0.0894 e. The molecule has 0 saturated heterocycles. The number of nitrogens with zero attached hydrogens (tertiary/aromatic N) is 2. The standard InChI is InChI=1S/C12H7N2/c1-3-9-5-6-11-10(4-2-7-13-11)12(9)14-8-1/h1-6,8H. The van der Waals surface area contributed by atoms with E-state index in [1.807, 2.05) is 30.3 Å². The van der Waals surface area contributed by atoms with Gasteiger partial charge < -0.3 is 0 Å². The van der Waals surface area contributed by atoms with E-state index in [-0.39, 0.29) is 0 Å². The van der Waals surface area contributed by atoms with E-state index < -0.39 is 0 Å². The second-order valence-electron chi connectivity index (χ2n) is 3.15. The van der Waals surface area contributed by atoms with Crippen molar-refractivity contribution in [3.8, 4) is 0 Å². The highest BCUT2D eigenvalue weighted by atomic mass is 14.7. The van der Waals surface area contributed by atoms with Gasteiger partial charge in [-0.3, -0.25) is 4.98 Å². The largest absolute Gasteiger partial charge is 0.256 e. The first-order chi connectivity index (χ1) is 6.95. The zero-order valence-electron chi connectivity index (χ0n) is 7.44. The van der Waals surface area contributed by atoms with E-state index in [0.29, 0.717) is 0 Å². The van der Waals surface area contributed by atoms with E-state index in [1.165, 1.54) is 0 Å². The Morgan fingerprint density at radius 1 is 1.07 bits per heavy atom. The third-order valence-electron chi connectivity index (χ3n) is 2.30. The van der Waals surface area contributed by atoms with Crippen LogP contribution in [0.1, 0.15) is 0 Å². The molecule has 0 atom stereocenters. The molecule has 0 amide bonds. The van der Waals surface area contributed by atoms with Crippen molar-refractivity contribution in [1.29, 1.82) is 0 Å². The number of benzene rings is 1. The summed E-state index contributed by atoms with van der Waals surface area (Å²) in [7, 11) is 0. The van der Waals surface area contributed by atoms with Gasteiger partial charge in [-0.25, -0.2) is 4.98 Å². The van der Waals surface area contributed by atoms with Gasteiger partial charge in [0.2, 0.25) is 0 Å². The molecule has 0 aliphatic rings. The van der Waals surface area contributed by atoms with Crippen molar-refractivity contribution in [3.05, 3.63) is 48.8 Å². The Morgan fingerprint density at radius 3 is 3.07 bits per heavy atom. The molecule has 3 aromatic rings. The van der Waals surface area contributed by atoms with Gasteiger partial charge in [-0.05, 0) is 24.3 Å². The van der Waals surface area contributed by atoms with Crippen molar-refractivity contribution in [3.63, 3.8) is 0 Å². The fourth-order valence-corrected chi connectivity index (χ4v) is 1.65. The molecule has 2 heteroatoms. The van der Waals surface area contributed by atoms with Crippen LogP contribution in [0, 0.1) is 6.20 Å². The summed E-state index contributed by atoms with van der Waals surface area (Å²) in [6.45, 7) is 0. The van der Waals surface area contributed by atoms with Crippen LogP contribution in [0.4, 0.5) is 0 Å². The van der Waals surface area contributed by atoms with E-state index in [0.717, 1.165) is 21.8 Å². The van der Waals surface area contributed by atoms with Gasteiger partial charge in [0.1, 0.15) is 0 Å². The second-order valence-corrected chi connectivity index (χ2v) is 3.15. The average molecular weight is 179 g/mol. The monoisotopic (exact) mass is 179 g/mol. The van der Waals surface area contributed by atoms with Crippen molar-refractivity contribution >= 4 is 21.8 Å². The SMILES string of the molecule is [c]1ccc2c(ccc3cccnc32)n1. The minimum atomic E-state index is 0.943. The maximum atomic E-state index is 4.36. The van der Waals surface area contributed by atoms with Gasteiger partial charge in [0, 0.05) is 17.0 Å². The summed E-state index contributed by atoms with van der Waals surface area (Å²) in [6, 6.07) is 11.8. The Kier molecular flexibility index (Phi) is 1.47. The first kappa shape index (κ1) is 7.44. The molecular formula is C12H7N2. The average Bonchev–Trinajstić information content (AvgIpc) is 2.29. The molecule has 65 valence electrons. The highest BCUT2D eigenvalue weighted by Crippen LogP contribution is 2.20. The van der Waals surface area contributed by atoms with Crippen molar-refractivity contribution in [2.24, 2.45) is 0 Å². The van der Waals surface area contributed by atoms with Crippen molar-refractivity contribution in [2.75, 3.05) is 0 Å². The molecule has 0 fully saturated rings. The van der Waals surface area contributed by atoms with E-state index in [4.69, 9.17) is 0 Å². The molecule has 0 bridgehead atoms. The van der Waals surface area contributed by atoms with Crippen LogP contribution in [-0.4, -0.2) is 9.97 Å². The molecule has 0 saturated carbocycles. The fraction of sp³-hybridized carbons (Fsp3) is 0. The lowest BCUT2D eigenvalue weighted by atomic mass is 10.1. The molecule has 0 unspecified atom stereocenters. The molecule has 0 N–H and O–H groups in total. The molecule has 2 heterocycles. The summed E-state index contributed by atoms with van der Waals surface area (Å²) < 4.78 is 0. The maximum Gasteiger partial charge on any atom is 0.0894 e. The second kappa shape index (κ2) is 2.77. The van der Waals surface area contributed by atoms with Crippen LogP contribution in [0.15, 0.2) is 42.6 Å². The third-order valence-corrected chi connectivity index (χ3v) is 2.30. The number of rotatable bonds is 0. The molecule has 2 aromatic heterocycles. The number of pyridine rings is 2. The summed E-state index contributed by atoms with van der Waals surface area (Å²) >= 11 is 0. The number of fused-ring (bicyclic) bond motifs is 3. The molecule has 1 aromatic carbocycles. The molecule has 3 rings (SSSR count). The van der Waals surface area contributed by atoms with Crippen LogP contribution < -0.4 is 0 Å². The summed E-state index contributed by atoms with van der Waals surface area (Å²) in [6.07, 6.45) is 4.63. The topological polar surface area (TPSA) is 25.8 Å². The molecule has 0 spiro atoms. The van der Waals surface area contributed by atoms with Crippen LogP contribution >= 0.6 is 0 Å². The first-order valence-corrected chi connectivity index (χ1v) is 4.46. The lowest BCUT2D eigenvalue weighted by Crippen LogP contribution is -1.82. The van der Waals surface area contributed by atoms with Crippen molar-refractivity contribution in [2.45, 2.75) is 0 Å². The number of hydrogen-bond acceptors (Lipinski definition) is 2. The number of hydrogen-bond donors (Lipinski definition) is 0. The molecule has 0 aliphatic heterocycles. The van der Waals surface area contributed by atoms with Crippen LogP contribution in [-0.2, 0) is 0 Å². The van der Waals surface area contributed by atoms with Crippen molar-refractivity contribution < 1.29 is 0 Å². The molecular weight excluding hydrogens is 172 g/mol. The van der Waals surface area contributed by atoms with Crippen LogP contribution in [0.5, 0.6) is 0 Å². The normalized spacial score (nSPS) is 10.9. The van der Waals surface area contributed by atoms with E-state index >= 15 is 0 Å². The van der Waals surface area contributed by atoms with E-state index in [1.54, 1.807) is 6.20 Å². The highest BCUT2D eigenvalue weighted by molar-refractivity contribution is 6.03. The molecule has 14 heavy (non-hydrogen) atoms. The molecule has 1 radical (unpaired) electrons. The van der Waals surface area contributed by atoms with Gasteiger partial charge in [-0.2, -0.15) is 0 Å². The summed E-state index contributed by atoms with van der Waals surface area (Å²) in [4.78, 5) is 8.52. The van der Waals surface area contributed by atoms with E-state index in [2.05, 4.69) is 22.2 Å². The Morgan fingerprint density at radius 2 is 2.07 bits per heavy atom. The first-order valence-electron chi connectivity index (χ1n) is 4.46. The maximum absolute atomic E-state index is 4.36. The molecule has 0 aliphatic carbocycles. The zero-order chi connectivity index (χ0) is 9.38. The van der Waals surface area contributed by atoms with Gasteiger partial charge in [-0.15, -0.1) is 0 Å². The Bertz CT molecular complexity index is 547. The minimum Gasteiger partial charge on any atom is -0.256 e. The lowest BCUT2D eigenvalue weighted by molar-refractivity contribution is 1.38. The van der Waals surface area contributed by atoms with Crippen LogP contribution in [0.25, 0.3) is 21.8 Å². The van der Waals surface area contributed by atoms with Crippen LogP contribution in [0.2, 0.25) is 0 Å². The van der Waals surface area contributed by atoms with Gasteiger partial charge in [0.05, 0.1) is 17.2 Å².